The van der Waals surface area contributed by atoms with E-state index in [1.165, 1.54) is 21.3 Å². The summed E-state index contributed by atoms with van der Waals surface area (Å²) in [6.07, 6.45) is 1.72. The molecule has 0 atom stereocenters. The maximum Gasteiger partial charge on any atom is 0.254 e. The Morgan fingerprint density at radius 2 is 1.23 bits per heavy atom. The van der Waals surface area contributed by atoms with Crippen molar-refractivity contribution in [3.63, 3.8) is 0 Å². The van der Waals surface area contributed by atoms with Crippen LogP contribution in [0.25, 0.3) is 16.3 Å². The van der Waals surface area contributed by atoms with Gasteiger partial charge in [-0.05, 0) is 45.7 Å². The molecular weight excluding hydrogens is 504 g/mol. The van der Waals surface area contributed by atoms with Crippen molar-refractivity contribution in [2.45, 2.75) is 0 Å². The molecule has 1 saturated heterocycles. The van der Waals surface area contributed by atoms with Crippen molar-refractivity contribution < 1.29 is 23.8 Å². The second kappa shape index (κ2) is 11.9. The molecule has 0 unspecified atom stereocenters. The number of nitrogens with zero attached hydrogens (tertiary/aromatic N) is 2. The van der Waals surface area contributed by atoms with Gasteiger partial charge in [-0.15, -0.1) is 0 Å². The van der Waals surface area contributed by atoms with Crippen LogP contribution >= 0.6 is 0 Å². The lowest BCUT2D eigenvalue weighted by atomic mass is 9.95. The number of carbonyl (C=O) groups is 2. The maximum atomic E-state index is 13.5. The molecule has 0 spiro atoms. The minimum absolute atomic E-state index is 0.0769. The van der Waals surface area contributed by atoms with Crippen LogP contribution in [0.5, 0.6) is 17.2 Å². The standard InChI is InChI=1S/C33H32N2O5/c1-38-29-20-27(21-30(39-2)32(29)40-3)33(37)35-17-15-34(16-18-35)31(36)22-28(24-10-5-4-6-11-24)26-14-13-23-9-7-8-12-25(23)19-26/h4-14,19-22H,15-18H2,1-3H3/b28-22+. The summed E-state index contributed by atoms with van der Waals surface area (Å²) < 4.78 is 16.2. The second-order valence-electron chi connectivity index (χ2n) is 9.52. The highest BCUT2D eigenvalue weighted by molar-refractivity contribution is 6.01. The number of methoxy groups -OCH3 is 3. The summed E-state index contributed by atoms with van der Waals surface area (Å²) in [5.74, 6) is 1.05. The van der Waals surface area contributed by atoms with Gasteiger partial charge < -0.3 is 24.0 Å². The largest absolute Gasteiger partial charge is 0.493 e. The first kappa shape index (κ1) is 26.8. The lowest BCUT2D eigenvalue weighted by Crippen LogP contribution is -2.50. The summed E-state index contributed by atoms with van der Waals surface area (Å²) in [4.78, 5) is 30.4. The molecule has 0 bridgehead atoms. The van der Waals surface area contributed by atoms with Crippen molar-refractivity contribution in [2.75, 3.05) is 47.5 Å². The Morgan fingerprint density at radius 3 is 1.85 bits per heavy atom. The molecule has 0 N–H and O–H groups in total. The molecule has 1 aliphatic heterocycles. The molecule has 4 aromatic rings. The minimum Gasteiger partial charge on any atom is -0.493 e. The minimum atomic E-state index is -0.150. The number of carbonyl (C=O) groups excluding carboxylic acids is 2. The Balaban J connectivity index is 1.35. The van der Waals surface area contributed by atoms with E-state index < -0.39 is 0 Å². The normalized spacial score (nSPS) is 13.7. The van der Waals surface area contributed by atoms with Gasteiger partial charge in [-0.25, -0.2) is 0 Å². The lowest BCUT2D eigenvalue weighted by Gasteiger charge is -2.34. The first-order chi connectivity index (χ1) is 19.5. The van der Waals surface area contributed by atoms with Crippen LogP contribution in [0, 0.1) is 0 Å². The van der Waals surface area contributed by atoms with Crippen molar-refractivity contribution in [3.05, 3.63) is 108 Å². The van der Waals surface area contributed by atoms with Gasteiger partial charge in [-0.3, -0.25) is 9.59 Å². The Kier molecular flexibility index (Phi) is 8.01. The van der Waals surface area contributed by atoms with E-state index in [2.05, 4.69) is 30.3 Å². The Bertz CT molecular complexity index is 1530. The zero-order chi connectivity index (χ0) is 28.1. The monoisotopic (exact) mass is 536 g/mol. The molecule has 2 amide bonds. The molecule has 7 nitrogen and oxygen atoms in total. The summed E-state index contributed by atoms with van der Waals surface area (Å²) >= 11 is 0. The fourth-order valence-electron chi connectivity index (χ4n) is 5.04. The number of hydrogen-bond acceptors (Lipinski definition) is 5. The van der Waals surface area contributed by atoms with Gasteiger partial charge in [0.25, 0.3) is 5.91 Å². The van der Waals surface area contributed by atoms with E-state index >= 15 is 0 Å². The molecule has 0 radical (unpaired) electrons. The molecular formula is C33H32N2O5. The van der Waals surface area contributed by atoms with Crippen molar-refractivity contribution in [2.24, 2.45) is 0 Å². The van der Waals surface area contributed by atoms with E-state index in [1.54, 1.807) is 28.0 Å². The maximum absolute atomic E-state index is 13.5. The molecule has 204 valence electrons. The van der Waals surface area contributed by atoms with E-state index in [0.717, 1.165) is 27.5 Å². The highest BCUT2D eigenvalue weighted by atomic mass is 16.5. The van der Waals surface area contributed by atoms with Crippen LogP contribution in [0.3, 0.4) is 0 Å². The molecule has 5 rings (SSSR count). The van der Waals surface area contributed by atoms with Crippen molar-refractivity contribution in [1.29, 1.82) is 0 Å². The summed E-state index contributed by atoms with van der Waals surface area (Å²) in [5.41, 5.74) is 3.26. The number of ether oxygens (including phenoxy) is 3. The van der Waals surface area contributed by atoms with Gasteiger partial charge in [0.05, 0.1) is 21.3 Å². The molecule has 0 aromatic heterocycles. The third-order valence-corrected chi connectivity index (χ3v) is 7.20. The van der Waals surface area contributed by atoms with E-state index in [9.17, 15) is 9.59 Å². The molecule has 0 saturated carbocycles. The number of rotatable bonds is 7. The van der Waals surface area contributed by atoms with Gasteiger partial charge in [0.15, 0.2) is 11.5 Å². The van der Waals surface area contributed by atoms with E-state index in [-0.39, 0.29) is 11.8 Å². The van der Waals surface area contributed by atoms with Gasteiger partial charge in [-0.1, -0.05) is 66.7 Å². The summed E-state index contributed by atoms with van der Waals surface area (Å²) in [6.45, 7) is 1.72. The topological polar surface area (TPSA) is 68.3 Å². The first-order valence-electron chi connectivity index (χ1n) is 13.2. The number of hydrogen-bond donors (Lipinski definition) is 0. The van der Waals surface area contributed by atoms with Crippen LogP contribution in [0.1, 0.15) is 21.5 Å². The zero-order valence-corrected chi connectivity index (χ0v) is 22.9. The van der Waals surface area contributed by atoms with Crippen molar-refractivity contribution in [3.8, 4) is 17.2 Å². The fourth-order valence-corrected chi connectivity index (χ4v) is 5.04. The highest BCUT2D eigenvalue weighted by Crippen LogP contribution is 2.38. The van der Waals surface area contributed by atoms with Gasteiger partial charge in [0.2, 0.25) is 11.7 Å². The van der Waals surface area contributed by atoms with Crippen LogP contribution in [0.4, 0.5) is 0 Å². The van der Waals surface area contributed by atoms with E-state index in [4.69, 9.17) is 14.2 Å². The van der Waals surface area contributed by atoms with Crippen LogP contribution in [-0.4, -0.2) is 69.1 Å². The zero-order valence-electron chi connectivity index (χ0n) is 22.9. The van der Waals surface area contributed by atoms with Crippen LogP contribution in [0.2, 0.25) is 0 Å². The smallest absolute Gasteiger partial charge is 0.254 e. The van der Waals surface area contributed by atoms with Gasteiger partial charge in [0.1, 0.15) is 0 Å². The SMILES string of the molecule is COc1cc(C(=O)N2CCN(C(=O)/C=C(\c3ccccc3)c3ccc4ccccc4c3)CC2)cc(OC)c1OC. The summed E-state index contributed by atoms with van der Waals surface area (Å²) in [5, 5.41) is 2.27. The summed E-state index contributed by atoms with van der Waals surface area (Å²) in [6, 6.07) is 27.7. The molecule has 7 heteroatoms. The molecule has 40 heavy (non-hydrogen) atoms. The third kappa shape index (κ3) is 5.50. The van der Waals surface area contributed by atoms with E-state index in [1.807, 2.05) is 42.5 Å². The predicted molar refractivity (Wildman–Crippen MR) is 156 cm³/mol. The Hall–Kier alpha value is -4.78. The number of benzene rings is 4. The van der Waals surface area contributed by atoms with Crippen molar-refractivity contribution >= 4 is 28.2 Å². The quantitative estimate of drug-likeness (QED) is 0.301. The average molecular weight is 537 g/mol. The van der Waals surface area contributed by atoms with Crippen LogP contribution < -0.4 is 14.2 Å². The average Bonchev–Trinajstić information content (AvgIpc) is 3.02. The van der Waals surface area contributed by atoms with Crippen LogP contribution in [0.15, 0.2) is 91.0 Å². The molecule has 4 aromatic carbocycles. The Labute approximate surface area is 234 Å². The number of amides is 2. The second-order valence-corrected chi connectivity index (χ2v) is 9.52. The van der Waals surface area contributed by atoms with Crippen molar-refractivity contribution in [1.82, 2.24) is 9.80 Å². The number of fused-ring (bicyclic) bond motifs is 1. The predicted octanol–water partition coefficient (Wildman–Crippen LogP) is 5.28. The van der Waals surface area contributed by atoms with Gasteiger partial charge in [-0.2, -0.15) is 0 Å². The van der Waals surface area contributed by atoms with E-state index in [0.29, 0.717) is 49.0 Å². The van der Waals surface area contributed by atoms with Gasteiger partial charge in [0, 0.05) is 37.8 Å². The lowest BCUT2D eigenvalue weighted by molar-refractivity contribution is -0.127. The third-order valence-electron chi connectivity index (χ3n) is 7.20. The summed E-state index contributed by atoms with van der Waals surface area (Å²) in [7, 11) is 4.56. The molecule has 1 aliphatic rings. The van der Waals surface area contributed by atoms with Crippen LogP contribution in [-0.2, 0) is 4.79 Å². The highest BCUT2D eigenvalue weighted by Gasteiger charge is 2.26. The first-order valence-corrected chi connectivity index (χ1v) is 13.2. The van der Waals surface area contributed by atoms with Gasteiger partial charge >= 0.3 is 0 Å². The fraction of sp³-hybridized carbons (Fsp3) is 0.212. The number of piperazine rings is 1. The Morgan fingerprint density at radius 1 is 0.625 bits per heavy atom. The molecule has 1 heterocycles. The molecule has 1 fully saturated rings. The molecule has 0 aliphatic carbocycles.